The standard InChI is InChI=1S/C16H24O3/c1-3-10-18-15-7-5-13(6-8-15)16(17)9-11-19-14(4-2)12-16/h5-8,14,17H,3-4,9-12H2,1-2H3. The average molecular weight is 264 g/mol. The third-order valence-corrected chi connectivity index (χ3v) is 3.75. The van der Waals surface area contributed by atoms with Crippen LogP contribution in [-0.4, -0.2) is 24.4 Å². The molecule has 1 aromatic carbocycles. The summed E-state index contributed by atoms with van der Waals surface area (Å²) in [7, 11) is 0. The van der Waals surface area contributed by atoms with Crippen molar-refractivity contribution in [1.82, 2.24) is 0 Å². The zero-order valence-electron chi connectivity index (χ0n) is 11.9. The third-order valence-electron chi connectivity index (χ3n) is 3.75. The van der Waals surface area contributed by atoms with Crippen molar-refractivity contribution < 1.29 is 14.6 Å². The summed E-state index contributed by atoms with van der Waals surface area (Å²) < 4.78 is 11.2. The zero-order chi connectivity index (χ0) is 13.7. The van der Waals surface area contributed by atoms with Gasteiger partial charge in [-0.1, -0.05) is 26.0 Å². The summed E-state index contributed by atoms with van der Waals surface area (Å²) in [5.74, 6) is 0.869. The molecule has 1 aliphatic heterocycles. The lowest BCUT2D eigenvalue weighted by Gasteiger charge is -2.37. The Kier molecular flexibility index (Phi) is 4.83. The molecule has 2 atom stereocenters. The highest BCUT2D eigenvalue weighted by Crippen LogP contribution is 2.36. The van der Waals surface area contributed by atoms with Gasteiger partial charge in [-0.05, 0) is 30.5 Å². The van der Waals surface area contributed by atoms with E-state index in [9.17, 15) is 5.11 Å². The molecule has 106 valence electrons. The van der Waals surface area contributed by atoms with Gasteiger partial charge >= 0.3 is 0 Å². The summed E-state index contributed by atoms with van der Waals surface area (Å²) in [6, 6.07) is 7.84. The van der Waals surface area contributed by atoms with Crippen LogP contribution in [0.15, 0.2) is 24.3 Å². The van der Waals surface area contributed by atoms with Crippen LogP contribution in [-0.2, 0) is 10.3 Å². The molecule has 0 aliphatic carbocycles. The molecule has 0 amide bonds. The lowest BCUT2D eigenvalue weighted by molar-refractivity contribution is -0.108. The number of ether oxygens (including phenoxy) is 2. The molecule has 0 aromatic heterocycles. The first-order chi connectivity index (χ1) is 9.18. The molecular formula is C16H24O3. The van der Waals surface area contributed by atoms with Gasteiger partial charge in [-0.25, -0.2) is 0 Å². The van der Waals surface area contributed by atoms with E-state index in [0.29, 0.717) is 19.4 Å². The third kappa shape index (κ3) is 3.48. The molecule has 1 fully saturated rings. The second-order valence-corrected chi connectivity index (χ2v) is 5.26. The van der Waals surface area contributed by atoms with Gasteiger partial charge in [0.1, 0.15) is 5.75 Å². The van der Waals surface area contributed by atoms with Crippen LogP contribution in [0.2, 0.25) is 0 Å². The highest BCUT2D eigenvalue weighted by atomic mass is 16.5. The van der Waals surface area contributed by atoms with Gasteiger partial charge in [-0.2, -0.15) is 0 Å². The summed E-state index contributed by atoms with van der Waals surface area (Å²) in [4.78, 5) is 0. The van der Waals surface area contributed by atoms with Crippen LogP contribution >= 0.6 is 0 Å². The molecule has 19 heavy (non-hydrogen) atoms. The normalized spacial score (nSPS) is 27.2. The maximum Gasteiger partial charge on any atom is 0.119 e. The monoisotopic (exact) mass is 264 g/mol. The van der Waals surface area contributed by atoms with Crippen LogP contribution in [0.25, 0.3) is 0 Å². The fraction of sp³-hybridized carbons (Fsp3) is 0.625. The molecule has 1 N–H and O–H groups in total. The second-order valence-electron chi connectivity index (χ2n) is 5.26. The van der Waals surface area contributed by atoms with E-state index in [4.69, 9.17) is 9.47 Å². The van der Waals surface area contributed by atoms with Crippen LogP contribution in [0.4, 0.5) is 0 Å². The molecule has 0 saturated carbocycles. The minimum absolute atomic E-state index is 0.162. The van der Waals surface area contributed by atoms with Crippen LogP contribution in [0.5, 0.6) is 5.75 Å². The van der Waals surface area contributed by atoms with Crippen molar-refractivity contribution in [2.45, 2.75) is 51.2 Å². The van der Waals surface area contributed by atoms with E-state index >= 15 is 0 Å². The van der Waals surface area contributed by atoms with E-state index in [1.165, 1.54) is 0 Å². The van der Waals surface area contributed by atoms with E-state index < -0.39 is 5.60 Å². The second kappa shape index (κ2) is 6.40. The maximum atomic E-state index is 10.8. The van der Waals surface area contributed by atoms with Gasteiger partial charge in [0.05, 0.1) is 24.9 Å². The molecular weight excluding hydrogens is 240 g/mol. The number of hydrogen-bond donors (Lipinski definition) is 1. The van der Waals surface area contributed by atoms with Crippen LogP contribution < -0.4 is 4.74 Å². The lowest BCUT2D eigenvalue weighted by Crippen LogP contribution is -2.38. The summed E-state index contributed by atoms with van der Waals surface area (Å²) in [5, 5.41) is 10.8. The van der Waals surface area contributed by atoms with Crippen molar-refractivity contribution in [1.29, 1.82) is 0 Å². The van der Waals surface area contributed by atoms with Gasteiger partial charge in [-0.15, -0.1) is 0 Å². The Labute approximate surface area is 115 Å². The number of aliphatic hydroxyl groups is 1. The van der Waals surface area contributed by atoms with Crippen molar-refractivity contribution in [2.24, 2.45) is 0 Å². The summed E-state index contributed by atoms with van der Waals surface area (Å²) >= 11 is 0. The van der Waals surface area contributed by atoms with Crippen LogP contribution in [0.1, 0.15) is 45.1 Å². The smallest absolute Gasteiger partial charge is 0.119 e. The summed E-state index contributed by atoms with van der Waals surface area (Å²) in [5.41, 5.74) is 0.223. The van der Waals surface area contributed by atoms with Gasteiger partial charge in [0, 0.05) is 12.8 Å². The Morgan fingerprint density at radius 1 is 1.32 bits per heavy atom. The van der Waals surface area contributed by atoms with E-state index in [-0.39, 0.29) is 6.10 Å². The molecule has 0 bridgehead atoms. The van der Waals surface area contributed by atoms with E-state index in [0.717, 1.165) is 30.8 Å². The molecule has 0 radical (unpaired) electrons. The summed E-state index contributed by atoms with van der Waals surface area (Å²) in [6.07, 6.45) is 3.45. The maximum absolute atomic E-state index is 10.8. The molecule has 1 saturated heterocycles. The number of rotatable bonds is 5. The van der Waals surface area contributed by atoms with E-state index in [1.54, 1.807) is 0 Å². The fourth-order valence-corrected chi connectivity index (χ4v) is 2.54. The molecule has 3 heteroatoms. The molecule has 1 heterocycles. The average Bonchev–Trinajstić information content (AvgIpc) is 2.45. The molecule has 2 unspecified atom stereocenters. The molecule has 0 spiro atoms. The Bertz CT molecular complexity index is 387. The number of benzene rings is 1. The highest BCUT2D eigenvalue weighted by Gasteiger charge is 2.35. The van der Waals surface area contributed by atoms with Crippen LogP contribution in [0.3, 0.4) is 0 Å². The molecule has 1 aromatic rings. The summed E-state index contributed by atoms with van der Waals surface area (Å²) in [6.45, 7) is 5.54. The van der Waals surface area contributed by atoms with Gasteiger partial charge in [0.25, 0.3) is 0 Å². The Balaban J connectivity index is 2.07. The minimum atomic E-state index is -0.748. The van der Waals surface area contributed by atoms with Gasteiger partial charge in [0.2, 0.25) is 0 Å². The first kappa shape index (κ1) is 14.4. The van der Waals surface area contributed by atoms with Crippen molar-refractivity contribution >= 4 is 0 Å². The zero-order valence-corrected chi connectivity index (χ0v) is 11.9. The molecule has 1 aliphatic rings. The van der Waals surface area contributed by atoms with Crippen molar-refractivity contribution in [3.05, 3.63) is 29.8 Å². The van der Waals surface area contributed by atoms with Crippen molar-refractivity contribution in [3.63, 3.8) is 0 Å². The first-order valence-electron chi connectivity index (χ1n) is 7.25. The fourth-order valence-electron chi connectivity index (χ4n) is 2.54. The Hall–Kier alpha value is -1.06. The Morgan fingerprint density at radius 3 is 2.68 bits per heavy atom. The van der Waals surface area contributed by atoms with E-state index in [1.807, 2.05) is 24.3 Å². The quantitative estimate of drug-likeness (QED) is 0.887. The van der Waals surface area contributed by atoms with Gasteiger partial charge in [0.15, 0.2) is 0 Å². The van der Waals surface area contributed by atoms with Gasteiger partial charge in [-0.3, -0.25) is 0 Å². The van der Waals surface area contributed by atoms with Crippen LogP contribution in [0, 0.1) is 0 Å². The first-order valence-corrected chi connectivity index (χ1v) is 7.25. The lowest BCUT2D eigenvalue weighted by atomic mass is 9.83. The molecule has 2 rings (SSSR count). The van der Waals surface area contributed by atoms with Crippen molar-refractivity contribution in [3.8, 4) is 5.75 Å². The predicted octanol–water partition coefficient (Wildman–Crippen LogP) is 3.25. The SMILES string of the molecule is CCCOc1ccc(C2(O)CCOC(CC)C2)cc1. The largest absolute Gasteiger partial charge is 0.494 e. The van der Waals surface area contributed by atoms with Crippen molar-refractivity contribution in [2.75, 3.05) is 13.2 Å². The minimum Gasteiger partial charge on any atom is -0.494 e. The topological polar surface area (TPSA) is 38.7 Å². The highest BCUT2D eigenvalue weighted by molar-refractivity contribution is 5.31. The predicted molar refractivity (Wildman–Crippen MR) is 75.4 cm³/mol. The Morgan fingerprint density at radius 2 is 2.05 bits per heavy atom. The number of hydrogen-bond acceptors (Lipinski definition) is 3. The molecule has 3 nitrogen and oxygen atoms in total. The van der Waals surface area contributed by atoms with Gasteiger partial charge < -0.3 is 14.6 Å². The van der Waals surface area contributed by atoms with E-state index in [2.05, 4.69) is 13.8 Å².